The number of aromatic amines is 1. The number of rotatable bonds is 3. The average molecular weight is 202 g/mol. The summed E-state index contributed by atoms with van der Waals surface area (Å²) in [4.78, 5) is 11.3. The SMILES string of the molecule is CC(C)C=CNc1ncnc2[nH]ccc12. The summed E-state index contributed by atoms with van der Waals surface area (Å²) >= 11 is 0. The molecule has 0 amide bonds. The molecule has 0 unspecified atom stereocenters. The van der Waals surface area contributed by atoms with Gasteiger partial charge in [0.25, 0.3) is 0 Å². The number of allylic oxidation sites excluding steroid dienone is 1. The number of nitrogens with one attached hydrogen (secondary N) is 2. The third-order valence-corrected chi connectivity index (χ3v) is 2.06. The van der Waals surface area contributed by atoms with Crippen molar-refractivity contribution in [2.45, 2.75) is 13.8 Å². The van der Waals surface area contributed by atoms with Gasteiger partial charge in [-0.1, -0.05) is 19.9 Å². The highest BCUT2D eigenvalue weighted by molar-refractivity contribution is 5.86. The van der Waals surface area contributed by atoms with Crippen molar-refractivity contribution in [3.05, 3.63) is 30.9 Å². The van der Waals surface area contributed by atoms with Crippen LogP contribution >= 0.6 is 0 Å². The fraction of sp³-hybridized carbons (Fsp3) is 0.273. The van der Waals surface area contributed by atoms with E-state index in [9.17, 15) is 0 Å². The van der Waals surface area contributed by atoms with Crippen LogP contribution in [0.4, 0.5) is 5.82 Å². The zero-order valence-electron chi connectivity index (χ0n) is 8.86. The van der Waals surface area contributed by atoms with Gasteiger partial charge in [0.1, 0.15) is 17.8 Å². The number of hydrogen-bond donors (Lipinski definition) is 2. The van der Waals surface area contributed by atoms with Crippen LogP contribution in [-0.4, -0.2) is 15.0 Å². The van der Waals surface area contributed by atoms with Gasteiger partial charge in [-0.3, -0.25) is 0 Å². The molecule has 0 bridgehead atoms. The molecule has 15 heavy (non-hydrogen) atoms. The van der Waals surface area contributed by atoms with Crippen LogP contribution in [0.25, 0.3) is 11.0 Å². The monoisotopic (exact) mass is 202 g/mol. The zero-order valence-corrected chi connectivity index (χ0v) is 8.86. The van der Waals surface area contributed by atoms with Crippen LogP contribution in [0.5, 0.6) is 0 Å². The molecule has 0 aliphatic heterocycles. The molecule has 0 saturated carbocycles. The molecule has 0 aromatic carbocycles. The van der Waals surface area contributed by atoms with Crippen LogP contribution < -0.4 is 5.32 Å². The maximum atomic E-state index is 4.18. The van der Waals surface area contributed by atoms with Gasteiger partial charge in [0, 0.05) is 6.20 Å². The molecule has 0 aliphatic carbocycles. The molecule has 2 aromatic rings. The summed E-state index contributed by atoms with van der Waals surface area (Å²) in [6.07, 6.45) is 7.40. The Bertz CT molecular complexity index is 470. The summed E-state index contributed by atoms with van der Waals surface area (Å²) in [5, 5.41) is 4.16. The first kappa shape index (κ1) is 9.71. The fourth-order valence-electron chi connectivity index (χ4n) is 1.31. The van der Waals surface area contributed by atoms with Crippen LogP contribution in [0.15, 0.2) is 30.9 Å². The van der Waals surface area contributed by atoms with Gasteiger partial charge in [-0.25, -0.2) is 9.97 Å². The van der Waals surface area contributed by atoms with Crippen LogP contribution in [-0.2, 0) is 0 Å². The summed E-state index contributed by atoms with van der Waals surface area (Å²) in [6.45, 7) is 4.26. The van der Waals surface area contributed by atoms with Crippen molar-refractivity contribution >= 4 is 16.9 Å². The van der Waals surface area contributed by atoms with Gasteiger partial charge in [0.2, 0.25) is 0 Å². The zero-order chi connectivity index (χ0) is 10.7. The minimum atomic E-state index is 0.529. The second-order valence-electron chi connectivity index (χ2n) is 3.71. The third kappa shape index (κ3) is 2.15. The average Bonchev–Trinajstić information content (AvgIpc) is 2.65. The Kier molecular flexibility index (Phi) is 2.67. The largest absolute Gasteiger partial charge is 0.346 e. The Labute approximate surface area is 88.4 Å². The lowest BCUT2D eigenvalue weighted by Crippen LogP contribution is -1.94. The molecular formula is C11H14N4. The normalized spacial score (nSPS) is 11.7. The van der Waals surface area contributed by atoms with E-state index < -0.39 is 0 Å². The quantitative estimate of drug-likeness (QED) is 0.804. The van der Waals surface area contributed by atoms with E-state index in [1.54, 1.807) is 6.33 Å². The third-order valence-electron chi connectivity index (χ3n) is 2.06. The smallest absolute Gasteiger partial charge is 0.142 e. The lowest BCUT2D eigenvalue weighted by molar-refractivity contribution is 0.830. The number of H-pyrrole nitrogens is 1. The molecule has 0 fully saturated rings. The predicted octanol–water partition coefficient (Wildman–Crippen LogP) is 2.54. The fourth-order valence-corrected chi connectivity index (χ4v) is 1.31. The van der Waals surface area contributed by atoms with Gasteiger partial charge >= 0.3 is 0 Å². The summed E-state index contributed by atoms with van der Waals surface area (Å²) in [5.41, 5.74) is 0.852. The second-order valence-corrected chi connectivity index (χ2v) is 3.71. The highest BCUT2D eigenvalue weighted by Gasteiger charge is 2.01. The molecule has 0 spiro atoms. The maximum absolute atomic E-state index is 4.18. The Morgan fingerprint density at radius 1 is 1.40 bits per heavy atom. The van der Waals surface area contributed by atoms with Crippen LogP contribution in [0.2, 0.25) is 0 Å². The highest BCUT2D eigenvalue weighted by Crippen LogP contribution is 2.17. The lowest BCUT2D eigenvalue weighted by Gasteiger charge is -2.01. The van der Waals surface area contributed by atoms with Crippen molar-refractivity contribution in [2.75, 3.05) is 5.32 Å². The molecule has 0 radical (unpaired) electrons. The number of fused-ring (bicyclic) bond motifs is 1. The molecule has 2 N–H and O–H groups in total. The Morgan fingerprint density at radius 2 is 2.27 bits per heavy atom. The van der Waals surface area contributed by atoms with Crippen molar-refractivity contribution in [2.24, 2.45) is 5.92 Å². The van der Waals surface area contributed by atoms with Crippen LogP contribution in [0, 0.1) is 5.92 Å². The van der Waals surface area contributed by atoms with E-state index >= 15 is 0 Å². The summed E-state index contributed by atoms with van der Waals surface area (Å²) < 4.78 is 0. The minimum absolute atomic E-state index is 0.529. The summed E-state index contributed by atoms with van der Waals surface area (Å²) in [5.74, 6) is 1.36. The molecule has 0 atom stereocenters. The van der Waals surface area contributed by atoms with Crippen molar-refractivity contribution in [1.29, 1.82) is 0 Å². The van der Waals surface area contributed by atoms with Crippen molar-refractivity contribution in [3.63, 3.8) is 0 Å². The molecule has 2 aromatic heterocycles. The lowest BCUT2D eigenvalue weighted by atomic mass is 10.2. The van der Waals surface area contributed by atoms with Gasteiger partial charge in [0.15, 0.2) is 0 Å². The summed E-state index contributed by atoms with van der Waals surface area (Å²) in [6, 6.07) is 1.96. The van der Waals surface area contributed by atoms with Gasteiger partial charge in [-0.15, -0.1) is 0 Å². The Hall–Kier alpha value is -1.84. The number of anilines is 1. The molecule has 2 heterocycles. The van der Waals surface area contributed by atoms with E-state index in [4.69, 9.17) is 0 Å². The Balaban J connectivity index is 2.24. The van der Waals surface area contributed by atoms with E-state index in [1.807, 2.05) is 18.5 Å². The molecular weight excluding hydrogens is 188 g/mol. The molecule has 2 rings (SSSR count). The van der Waals surface area contributed by atoms with E-state index in [1.165, 1.54) is 0 Å². The molecule has 0 saturated heterocycles. The van der Waals surface area contributed by atoms with E-state index in [2.05, 4.69) is 40.2 Å². The van der Waals surface area contributed by atoms with Crippen LogP contribution in [0.3, 0.4) is 0 Å². The number of nitrogens with zero attached hydrogens (tertiary/aromatic N) is 2. The Morgan fingerprint density at radius 3 is 3.07 bits per heavy atom. The van der Waals surface area contributed by atoms with Crippen molar-refractivity contribution in [1.82, 2.24) is 15.0 Å². The van der Waals surface area contributed by atoms with Crippen LogP contribution in [0.1, 0.15) is 13.8 Å². The van der Waals surface area contributed by atoms with Gasteiger partial charge < -0.3 is 10.3 Å². The first-order valence-electron chi connectivity index (χ1n) is 4.98. The second kappa shape index (κ2) is 4.13. The van der Waals surface area contributed by atoms with E-state index in [0.29, 0.717) is 5.92 Å². The standard InChI is InChI=1S/C11H14N4/c1-8(2)3-5-12-10-9-4-6-13-11(9)15-7-14-10/h3-8H,1-2H3,(H2,12,13,14,15). The van der Waals surface area contributed by atoms with Crippen molar-refractivity contribution in [3.8, 4) is 0 Å². The number of aromatic nitrogens is 3. The summed E-state index contributed by atoms with van der Waals surface area (Å²) in [7, 11) is 0. The molecule has 4 nitrogen and oxygen atoms in total. The molecule has 4 heteroatoms. The van der Waals surface area contributed by atoms with E-state index in [-0.39, 0.29) is 0 Å². The van der Waals surface area contributed by atoms with Gasteiger partial charge in [0.05, 0.1) is 5.39 Å². The first-order chi connectivity index (χ1) is 7.27. The van der Waals surface area contributed by atoms with E-state index in [0.717, 1.165) is 16.9 Å². The predicted molar refractivity (Wildman–Crippen MR) is 61.5 cm³/mol. The van der Waals surface area contributed by atoms with Gasteiger partial charge in [-0.05, 0) is 18.2 Å². The maximum Gasteiger partial charge on any atom is 0.142 e. The molecule has 0 aliphatic rings. The minimum Gasteiger partial charge on any atom is -0.346 e. The molecule has 78 valence electrons. The van der Waals surface area contributed by atoms with Gasteiger partial charge in [-0.2, -0.15) is 0 Å². The number of hydrogen-bond acceptors (Lipinski definition) is 3. The first-order valence-corrected chi connectivity index (χ1v) is 4.98. The van der Waals surface area contributed by atoms with Crippen molar-refractivity contribution < 1.29 is 0 Å². The highest BCUT2D eigenvalue weighted by atomic mass is 15.0. The topological polar surface area (TPSA) is 53.6 Å².